The molecular weight excluding hydrogens is 320 g/mol. The monoisotopic (exact) mass is 338 g/mol. The van der Waals surface area contributed by atoms with Crippen LogP contribution in [0.1, 0.15) is 24.7 Å². The highest BCUT2D eigenvalue weighted by molar-refractivity contribution is 7.71. The van der Waals surface area contributed by atoms with Crippen LogP contribution in [0.25, 0.3) is 0 Å². The van der Waals surface area contributed by atoms with Gasteiger partial charge in [-0.1, -0.05) is 30.7 Å². The molecule has 2 N–H and O–H groups in total. The topological polar surface area (TPSA) is 62.7 Å². The largest absolute Gasteiger partial charge is 0.354 e. The number of carbonyl (C=O) groups excluding carboxylic acids is 1. The van der Waals surface area contributed by atoms with Crippen LogP contribution in [0.15, 0.2) is 24.3 Å². The van der Waals surface area contributed by atoms with Gasteiger partial charge in [0, 0.05) is 18.0 Å². The van der Waals surface area contributed by atoms with Crippen molar-refractivity contribution in [1.82, 2.24) is 20.1 Å². The first kappa shape index (κ1) is 16.7. The zero-order valence-electron chi connectivity index (χ0n) is 12.4. The highest BCUT2D eigenvalue weighted by Gasteiger charge is 2.09. The molecule has 0 saturated heterocycles. The molecule has 22 heavy (non-hydrogen) atoms. The summed E-state index contributed by atoms with van der Waals surface area (Å²) in [5.41, 5.74) is 1.10. The molecular formula is C15H19ClN4OS. The van der Waals surface area contributed by atoms with Crippen molar-refractivity contribution in [3.8, 4) is 0 Å². The Hall–Kier alpha value is -1.66. The van der Waals surface area contributed by atoms with Gasteiger partial charge in [0.05, 0.1) is 0 Å². The first-order chi connectivity index (χ1) is 10.6. The summed E-state index contributed by atoms with van der Waals surface area (Å²) >= 11 is 11.1. The molecule has 2 rings (SSSR count). The molecule has 0 unspecified atom stereocenters. The third-order valence-electron chi connectivity index (χ3n) is 3.24. The number of nitrogens with one attached hydrogen (secondary N) is 2. The lowest BCUT2D eigenvalue weighted by atomic mass is 10.1. The molecule has 0 aliphatic carbocycles. The number of hydrogen-bond donors (Lipinski definition) is 2. The van der Waals surface area contributed by atoms with Crippen molar-refractivity contribution < 1.29 is 4.79 Å². The van der Waals surface area contributed by atoms with Crippen LogP contribution in [-0.2, 0) is 24.2 Å². The zero-order valence-corrected chi connectivity index (χ0v) is 14.0. The molecule has 1 aromatic heterocycles. The summed E-state index contributed by atoms with van der Waals surface area (Å²) in [4.78, 5) is 12.0. The first-order valence-corrected chi connectivity index (χ1v) is 8.04. The van der Waals surface area contributed by atoms with E-state index in [1.807, 2.05) is 24.3 Å². The maximum atomic E-state index is 12.0. The van der Waals surface area contributed by atoms with Gasteiger partial charge in [0.2, 0.25) is 5.91 Å². The van der Waals surface area contributed by atoms with E-state index in [1.165, 1.54) is 0 Å². The van der Waals surface area contributed by atoms with E-state index in [9.17, 15) is 4.79 Å². The van der Waals surface area contributed by atoms with Crippen molar-refractivity contribution in [2.75, 3.05) is 6.54 Å². The lowest BCUT2D eigenvalue weighted by Gasteiger charge is -2.08. The summed E-state index contributed by atoms with van der Waals surface area (Å²) in [5, 5.41) is 10.5. The van der Waals surface area contributed by atoms with Crippen molar-refractivity contribution in [1.29, 1.82) is 0 Å². The first-order valence-electron chi connectivity index (χ1n) is 7.25. The Kier molecular flexibility index (Phi) is 6.15. The number of aromatic nitrogens is 3. The van der Waals surface area contributed by atoms with Gasteiger partial charge in [-0.05, 0) is 42.8 Å². The van der Waals surface area contributed by atoms with Gasteiger partial charge >= 0.3 is 0 Å². The molecule has 1 aromatic carbocycles. The Balaban J connectivity index is 1.86. The fraction of sp³-hybridized carbons (Fsp3) is 0.400. The summed E-state index contributed by atoms with van der Waals surface area (Å²) in [7, 11) is 0. The molecule has 2 aromatic rings. The SMILES string of the molecule is CCCc1n[nH]c(=S)n1CC(=O)NCCc1cccc(Cl)c1. The highest BCUT2D eigenvalue weighted by Crippen LogP contribution is 2.10. The van der Waals surface area contributed by atoms with E-state index in [-0.39, 0.29) is 12.5 Å². The summed E-state index contributed by atoms with van der Waals surface area (Å²) < 4.78 is 2.22. The Labute approximate surface area is 139 Å². The number of aryl methyl sites for hydroxylation is 1. The molecule has 0 spiro atoms. The minimum absolute atomic E-state index is 0.0723. The number of aromatic amines is 1. The van der Waals surface area contributed by atoms with Gasteiger partial charge in [-0.25, -0.2) is 0 Å². The molecule has 0 saturated carbocycles. The third kappa shape index (κ3) is 4.68. The molecule has 118 valence electrons. The summed E-state index contributed by atoms with van der Waals surface area (Å²) in [6.07, 6.45) is 2.49. The van der Waals surface area contributed by atoms with Gasteiger partial charge in [-0.15, -0.1) is 0 Å². The van der Waals surface area contributed by atoms with Crippen molar-refractivity contribution >= 4 is 29.7 Å². The lowest BCUT2D eigenvalue weighted by molar-refractivity contribution is -0.121. The Bertz CT molecular complexity index is 695. The molecule has 7 heteroatoms. The number of H-pyrrole nitrogens is 1. The van der Waals surface area contributed by atoms with Crippen molar-refractivity contribution in [3.63, 3.8) is 0 Å². The summed E-state index contributed by atoms with van der Waals surface area (Å²) in [6, 6.07) is 7.63. The van der Waals surface area contributed by atoms with Gasteiger partial charge in [0.25, 0.3) is 0 Å². The predicted molar refractivity (Wildman–Crippen MR) is 89.6 cm³/mol. The van der Waals surface area contributed by atoms with Gasteiger partial charge in [0.15, 0.2) is 4.77 Å². The van der Waals surface area contributed by atoms with Gasteiger partial charge < -0.3 is 5.32 Å². The Morgan fingerprint density at radius 2 is 2.27 bits per heavy atom. The average molecular weight is 339 g/mol. The van der Waals surface area contributed by atoms with E-state index in [4.69, 9.17) is 23.8 Å². The highest BCUT2D eigenvalue weighted by atomic mass is 35.5. The fourth-order valence-electron chi connectivity index (χ4n) is 2.17. The minimum Gasteiger partial charge on any atom is -0.354 e. The zero-order chi connectivity index (χ0) is 15.9. The van der Waals surface area contributed by atoms with Crippen LogP contribution in [-0.4, -0.2) is 27.2 Å². The molecule has 0 radical (unpaired) electrons. The van der Waals surface area contributed by atoms with Gasteiger partial charge in [-0.2, -0.15) is 5.10 Å². The number of rotatable bonds is 7. The number of nitrogens with zero attached hydrogens (tertiary/aromatic N) is 2. The standard InChI is InChI=1S/C15H19ClN4OS/c1-2-4-13-18-19-15(22)20(13)10-14(21)17-8-7-11-5-3-6-12(16)9-11/h3,5-6,9H,2,4,7-8,10H2,1H3,(H,17,21)(H,19,22). The second kappa shape index (κ2) is 8.10. The second-order valence-electron chi connectivity index (χ2n) is 5.01. The lowest BCUT2D eigenvalue weighted by Crippen LogP contribution is -2.30. The minimum atomic E-state index is -0.0723. The molecule has 0 aliphatic rings. The Morgan fingerprint density at radius 3 is 3.00 bits per heavy atom. The maximum absolute atomic E-state index is 12.0. The third-order valence-corrected chi connectivity index (χ3v) is 3.78. The number of amides is 1. The fourth-order valence-corrected chi connectivity index (χ4v) is 2.59. The quantitative estimate of drug-likeness (QED) is 0.763. The van der Waals surface area contributed by atoms with E-state index >= 15 is 0 Å². The molecule has 0 fully saturated rings. The van der Waals surface area contributed by atoms with Crippen molar-refractivity contribution in [2.24, 2.45) is 0 Å². The van der Waals surface area contributed by atoms with Crippen molar-refractivity contribution in [2.45, 2.75) is 32.7 Å². The summed E-state index contributed by atoms with van der Waals surface area (Å²) in [5.74, 6) is 0.745. The van der Waals surface area contributed by atoms with E-state index in [0.29, 0.717) is 16.3 Å². The molecule has 1 heterocycles. The van der Waals surface area contributed by atoms with Crippen LogP contribution >= 0.6 is 23.8 Å². The van der Waals surface area contributed by atoms with Gasteiger partial charge in [0.1, 0.15) is 12.4 Å². The molecule has 1 amide bonds. The maximum Gasteiger partial charge on any atom is 0.240 e. The number of benzene rings is 1. The number of hydrogen-bond acceptors (Lipinski definition) is 3. The molecule has 0 aliphatic heterocycles. The van der Waals surface area contributed by atoms with Crippen LogP contribution in [0.5, 0.6) is 0 Å². The number of carbonyl (C=O) groups is 1. The van der Waals surface area contributed by atoms with E-state index in [2.05, 4.69) is 22.4 Å². The van der Waals surface area contributed by atoms with Crippen LogP contribution in [0, 0.1) is 4.77 Å². The van der Waals surface area contributed by atoms with Crippen LogP contribution in [0.4, 0.5) is 0 Å². The molecule has 0 atom stereocenters. The number of halogens is 1. The molecule has 0 bridgehead atoms. The van der Waals surface area contributed by atoms with Gasteiger partial charge in [-0.3, -0.25) is 14.5 Å². The second-order valence-corrected chi connectivity index (χ2v) is 5.83. The average Bonchev–Trinajstić information content (AvgIpc) is 2.81. The summed E-state index contributed by atoms with van der Waals surface area (Å²) in [6.45, 7) is 2.82. The van der Waals surface area contributed by atoms with Crippen LogP contribution < -0.4 is 5.32 Å². The predicted octanol–water partition coefficient (Wildman–Crippen LogP) is 2.91. The van der Waals surface area contributed by atoms with E-state index < -0.39 is 0 Å². The van der Waals surface area contributed by atoms with Crippen LogP contribution in [0.2, 0.25) is 5.02 Å². The van der Waals surface area contributed by atoms with Crippen LogP contribution in [0.3, 0.4) is 0 Å². The van der Waals surface area contributed by atoms with Crippen molar-refractivity contribution in [3.05, 3.63) is 45.4 Å². The normalized spacial score (nSPS) is 10.6. The molecule has 5 nitrogen and oxygen atoms in total. The smallest absolute Gasteiger partial charge is 0.240 e. The van der Waals surface area contributed by atoms with E-state index in [0.717, 1.165) is 30.7 Å². The Morgan fingerprint density at radius 1 is 1.45 bits per heavy atom. The van der Waals surface area contributed by atoms with E-state index in [1.54, 1.807) is 4.57 Å².